The molecule has 1 aromatic rings. The van der Waals surface area contributed by atoms with Crippen molar-refractivity contribution in [3.63, 3.8) is 0 Å². The molecular weight excluding hydrogens is 184 g/mol. The van der Waals surface area contributed by atoms with Crippen LogP contribution in [0.3, 0.4) is 0 Å². The molecule has 0 amide bonds. The number of hydrogen-bond acceptors (Lipinski definition) is 3. The normalized spacial score (nSPS) is 8.79. The van der Waals surface area contributed by atoms with Crippen molar-refractivity contribution in [2.24, 2.45) is 0 Å². The number of carboxylic acid groups (broad SMARTS) is 1. The summed E-state index contributed by atoms with van der Waals surface area (Å²) in [7, 11) is 2.54. The maximum atomic E-state index is 10.6. The summed E-state index contributed by atoms with van der Waals surface area (Å²) in [5.41, 5.74) is 1.01. The predicted molar refractivity (Wildman–Crippen MR) is 52.3 cm³/mol. The summed E-state index contributed by atoms with van der Waals surface area (Å²) >= 11 is 0. The van der Waals surface area contributed by atoms with Gasteiger partial charge in [0.1, 0.15) is 0 Å². The van der Waals surface area contributed by atoms with Crippen LogP contribution in [0, 0.1) is 0 Å². The SMILES string of the molecule is CO.COCc1ccccc1C(=O)O. The van der Waals surface area contributed by atoms with E-state index in [2.05, 4.69) is 0 Å². The van der Waals surface area contributed by atoms with Crippen LogP contribution >= 0.6 is 0 Å². The van der Waals surface area contributed by atoms with Gasteiger partial charge in [0.15, 0.2) is 0 Å². The molecule has 4 nitrogen and oxygen atoms in total. The van der Waals surface area contributed by atoms with Crippen molar-refractivity contribution in [1.82, 2.24) is 0 Å². The highest BCUT2D eigenvalue weighted by Crippen LogP contribution is 2.09. The lowest BCUT2D eigenvalue weighted by Gasteiger charge is -2.02. The summed E-state index contributed by atoms with van der Waals surface area (Å²) in [5, 5.41) is 15.7. The number of aromatic carboxylic acids is 1. The summed E-state index contributed by atoms with van der Waals surface area (Å²) in [4.78, 5) is 10.6. The molecule has 2 N–H and O–H groups in total. The van der Waals surface area contributed by atoms with E-state index in [1.807, 2.05) is 0 Å². The number of hydrogen-bond donors (Lipinski definition) is 2. The first-order valence-corrected chi connectivity index (χ1v) is 4.00. The van der Waals surface area contributed by atoms with Crippen LogP contribution in [0.1, 0.15) is 15.9 Å². The first kappa shape index (κ1) is 12.6. The number of aliphatic hydroxyl groups is 1. The number of carboxylic acids is 1. The van der Waals surface area contributed by atoms with Gasteiger partial charge in [0.05, 0.1) is 12.2 Å². The highest BCUT2D eigenvalue weighted by Gasteiger charge is 2.07. The van der Waals surface area contributed by atoms with E-state index >= 15 is 0 Å². The molecule has 0 saturated heterocycles. The van der Waals surface area contributed by atoms with Crippen molar-refractivity contribution >= 4 is 5.97 Å². The van der Waals surface area contributed by atoms with Gasteiger partial charge in [-0.15, -0.1) is 0 Å². The summed E-state index contributed by atoms with van der Waals surface area (Å²) in [6.45, 7) is 0.336. The average molecular weight is 198 g/mol. The Bertz CT molecular complexity index is 283. The van der Waals surface area contributed by atoms with Gasteiger partial charge in [-0.25, -0.2) is 4.79 Å². The maximum absolute atomic E-state index is 10.6. The predicted octanol–water partition coefficient (Wildman–Crippen LogP) is 1.14. The molecule has 4 heteroatoms. The van der Waals surface area contributed by atoms with Crippen molar-refractivity contribution in [3.05, 3.63) is 35.4 Å². The van der Waals surface area contributed by atoms with Crippen LogP contribution < -0.4 is 0 Å². The Morgan fingerprint density at radius 2 is 1.93 bits per heavy atom. The van der Waals surface area contributed by atoms with E-state index in [0.717, 1.165) is 7.11 Å². The second-order valence-electron chi connectivity index (χ2n) is 2.40. The summed E-state index contributed by atoms with van der Waals surface area (Å²) < 4.78 is 4.86. The van der Waals surface area contributed by atoms with Crippen molar-refractivity contribution in [1.29, 1.82) is 0 Å². The van der Waals surface area contributed by atoms with Gasteiger partial charge in [-0.05, 0) is 11.6 Å². The number of aliphatic hydroxyl groups excluding tert-OH is 1. The zero-order valence-corrected chi connectivity index (χ0v) is 8.23. The smallest absolute Gasteiger partial charge is 0.336 e. The Morgan fingerprint density at radius 1 is 1.36 bits per heavy atom. The molecule has 1 aromatic carbocycles. The van der Waals surface area contributed by atoms with Crippen LogP contribution in [-0.2, 0) is 11.3 Å². The topological polar surface area (TPSA) is 66.8 Å². The monoisotopic (exact) mass is 198 g/mol. The molecule has 0 heterocycles. The lowest BCUT2D eigenvalue weighted by Crippen LogP contribution is -2.02. The van der Waals surface area contributed by atoms with E-state index in [1.54, 1.807) is 31.4 Å². The fraction of sp³-hybridized carbons (Fsp3) is 0.300. The minimum absolute atomic E-state index is 0.305. The molecule has 0 aliphatic carbocycles. The van der Waals surface area contributed by atoms with Gasteiger partial charge in [-0.3, -0.25) is 0 Å². The molecule has 0 radical (unpaired) electrons. The fourth-order valence-corrected chi connectivity index (χ4v) is 1.01. The van der Waals surface area contributed by atoms with E-state index in [9.17, 15) is 4.79 Å². The third kappa shape index (κ3) is 3.55. The molecular formula is C10H14O4. The van der Waals surface area contributed by atoms with E-state index in [1.165, 1.54) is 0 Å². The quantitative estimate of drug-likeness (QED) is 0.764. The van der Waals surface area contributed by atoms with Gasteiger partial charge in [-0.1, -0.05) is 18.2 Å². The largest absolute Gasteiger partial charge is 0.478 e. The van der Waals surface area contributed by atoms with Crippen LogP contribution in [0.5, 0.6) is 0 Å². The molecule has 0 bridgehead atoms. The minimum Gasteiger partial charge on any atom is -0.478 e. The molecule has 0 saturated carbocycles. The third-order valence-corrected chi connectivity index (χ3v) is 1.55. The van der Waals surface area contributed by atoms with E-state index in [4.69, 9.17) is 14.9 Å². The van der Waals surface area contributed by atoms with Gasteiger partial charge in [0.2, 0.25) is 0 Å². The molecule has 0 aliphatic rings. The lowest BCUT2D eigenvalue weighted by atomic mass is 10.1. The first-order valence-electron chi connectivity index (χ1n) is 4.00. The zero-order valence-electron chi connectivity index (χ0n) is 8.23. The molecule has 0 unspecified atom stereocenters. The molecule has 0 aliphatic heterocycles. The fourth-order valence-electron chi connectivity index (χ4n) is 1.01. The van der Waals surface area contributed by atoms with Gasteiger partial charge < -0.3 is 14.9 Å². The number of ether oxygens (including phenoxy) is 1. The zero-order chi connectivity index (χ0) is 11.0. The van der Waals surface area contributed by atoms with Crippen molar-refractivity contribution < 1.29 is 19.7 Å². The highest BCUT2D eigenvalue weighted by molar-refractivity contribution is 5.89. The lowest BCUT2D eigenvalue weighted by molar-refractivity contribution is 0.0692. The molecule has 0 atom stereocenters. The van der Waals surface area contributed by atoms with Gasteiger partial charge in [0, 0.05) is 14.2 Å². The van der Waals surface area contributed by atoms with Crippen LogP contribution in [0.2, 0.25) is 0 Å². The number of carbonyl (C=O) groups is 1. The van der Waals surface area contributed by atoms with E-state index in [0.29, 0.717) is 17.7 Å². The molecule has 14 heavy (non-hydrogen) atoms. The second-order valence-corrected chi connectivity index (χ2v) is 2.40. The minimum atomic E-state index is -0.914. The Morgan fingerprint density at radius 3 is 2.43 bits per heavy atom. The Labute approximate surface area is 82.8 Å². The summed E-state index contributed by atoms with van der Waals surface area (Å²) in [5.74, 6) is -0.914. The van der Waals surface area contributed by atoms with Crippen LogP contribution in [0.25, 0.3) is 0 Å². The standard InChI is InChI=1S/C9H10O3.CH4O/c1-12-6-7-4-2-3-5-8(7)9(10)11;1-2/h2-5H,6H2,1H3,(H,10,11);2H,1H3. The molecule has 0 fully saturated rings. The van der Waals surface area contributed by atoms with Crippen molar-refractivity contribution in [2.75, 3.05) is 14.2 Å². The number of rotatable bonds is 3. The van der Waals surface area contributed by atoms with Crippen molar-refractivity contribution in [2.45, 2.75) is 6.61 Å². The Balaban J connectivity index is 0.000000791. The molecule has 0 aromatic heterocycles. The summed E-state index contributed by atoms with van der Waals surface area (Å²) in [6.07, 6.45) is 0. The van der Waals surface area contributed by atoms with Crippen molar-refractivity contribution in [3.8, 4) is 0 Å². The highest BCUT2D eigenvalue weighted by atomic mass is 16.5. The summed E-state index contributed by atoms with van der Waals surface area (Å²) in [6, 6.07) is 6.80. The van der Waals surface area contributed by atoms with Crippen LogP contribution in [0.4, 0.5) is 0 Å². The number of methoxy groups -OCH3 is 1. The maximum Gasteiger partial charge on any atom is 0.336 e. The van der Waals surface area contributed by atoms with E-state index < -0.39 is 5.97 Å². The Hall–Kier alpha value is -1.39. The molecule has 1 rings (SSSR count). The third-order valence-electron chi connectivity index (χ3n) is 1.55. The molecule has 0 spiro atoms. The van der Waals surface area contributed by atoms with E-state index in [-0.39, 0.29) is 0 Å². The van der Waals surface area contributed by atoms with Gasteiger partial charge in [-0.2, -0.15) is 0 Å². The van der Waals surface area contributed by atoms with Gasteiger partial charge in [0.25, 0.3) is 0 Å². The van der Waals surface area contributed by atoms with Crippen LogP contribution in [-0.4, -0.2) is 30.4 Å². The molecule has 78 valence electrons. The van der Waals surface area contributed by atoms with Crippen LogP contribution in [0.15, 0.2) is 24.3 Å². The second kappa shape index (κ2) is 7.06. The number of benzene rings is 1. The van der Waals surface area contributed by atoms with Gasteiger partial charge >= 0.3 is 5.97 Å². The average Bonchev–Trinajstić information content (AvgIpc) is 2.22. The first-order chi connectivity index (χ1) is 6.75. The Kier molecular flexibility index (Phi) is 6.36.